The van der Waals surface area contributed by atoms with E-state index in [1.54, 1.807) is 12.1 Å². The van der Waals surface area contributed by atoms with Gasteiger partial charge in [-0.15, -0.1) is 0 Å². The standard InChI is InChI=1S/C25H26Cl2N4O/c26-20-7-5-19(6-8-20)17-31-13-11-18(12-14-31)15-28-23-4-2-1-3-22(23)25(32)30-24-10-9-21(27)16-29-24/h1-10,16,18,28H,11-15,17H2,(H,29,30,32). The summed E-state index contributed by atoms with van der Waals surface area (Å²) in [6.45, 7) is 3.94. The number of para-hydroxylation sites is 1. The maximum atomic E-state index is 12.8. The number of hydrogen-bond acceptors (Lipinski definition) is 4. The minimum Gasteiger partial charge on any atom is -0.384 e. The predicted molar refractivity (Wildman–Crippen MR) is 132 cm³/mol. The lowest BCUT2D eigenvalue weighted by molar-refractivity contribution is 0.102. The third kappa shape index (κ3) is 6.22. The monoisotopic (exact) mass is 468 g/mol. The molecule has 0 aliphatic carbocycles. The number of benzene rings is 2. The molecule has 2 heterocycles. The van der Waals surface area contributed by atoms with Crippen molar-refractivity contribution in [1.29, 1.82) is 0 Å². The van der Waals surface area contributed by atoms with Crippen LogP contribution in [0.5, 0.6) is 0 Å². The number of nitrogens with one attached hydrogen (secondary N) is 2. The normalized spacial score (nSPS) is 14.8. The third-order valence-electron chi connectivity index (χ3n) is 5.75. The van der Waals surface area contributed by atoms with Gasteiger partial charge in [-0.2, -0.15) is 0 Å². The van der Waals surface area contributed by atoms with Crippen molar-refractivity contribution >= 4 is 40.6 Å². The van der Waals surface area contributed by atoms with E-state index in [-0.39, 0.29) is 5.91 Å². The van der Waals surface area contributed by atoms with Gasteiger partial charge in [0.2, 0.25) is 0 Å². The predicted octanol–water partition coefficient (Wildman–Crippen LogP) is 5.96. The first-order chi connectivity index (χ1) is 15.6. The van der Waals surface area contributed by atoms with Crippen LogP contribution in [0, 0.1) is 5.92 Å². The Hall–Kier alpha value is -2.60. The summed E-state index contributed by atoms with van der Waals surface area (Å²) in [5.74, 6) is 0.855. The molecule has 32 heavy (non-hydrogen) atoms. The second-order valence-electron chi connectivity index (χ2n) is 8.09. The van der Waals surface area contributed by atoms with Gasteiger partial charge in [-0.3, -0.25) is 9.69 Å². The summed E-state index contributed by atoms with van der Waals surface area (Å²) in [5, 5.41) is 7.63. The number of halogens is 2. The van der Waals surface area contributed by atoms with E-state index in [1.807, 2.05) is 36.4 Å². The summed E-state index contributed by atoms with van der Waals surface area (Å²) in [5.41, 5.74) is 2.73. The van der Waals surface area contributed by atoms with E-state index >= 15 is 0 Å². The molecule has 0 saturated carbocycles. The molecule has 1 aliphatic heterocycles. The van der Waals surface area contributed by atoms with Crippen LogP contribution in [0.2, 0.25) is 10.0 Å². The van der Waals surface area contributed by atoms with E-state index in [1.165, 1.54) is 11.8 Å². The zero-order chi connectivity index (χ0) is 22.3. The molecule has 0 spiro atoms. The Morgan fingerprint density at radius 3 is 2.41 bits per heavy atom. The maximum Gasteiger partial charge on any atom is 0.258 e. The molecule has 0 atom stereocenters. The van der Waals surface area contributed by atoms with E-state index in [2.05, 4.69) is 32.7 Å². The highest BCUT2D eigenvalue weighted by Crippen LogP contribution is 2.23. The third-order valence-corrected chi connectivity index (χ3v) is 6.22. The average molecular weight is 469 g/mol. The lowest BCUT2D eigenvalue weighted by Gasteiger charge is -2.32. The Bertz CT molecular complexity index is 1030. The number of aromatic nitrogens is 1. The zero-order valence-electron chi connectivity index (χ0n) is 17.7. The molecule has 0 radical (unpaired) electrons. The number of likely N-dealkylation sites (tertiary alicyclic amines) is 1. The highest BCUT2D eigenvalue weighted by Gasteiger charge is 2.20. The Labute approximate surface area is 198 Å². The quantitative estimate of drug-likeness (QED) is 0.448. The smallest absolute Gasteiger partial charge is 0.258 e. The molecular weight excluding hydrogens is 443 g/mol. The Morgan fingerprint density at radius 2 is 1.69 bits per heavy atom. The van der Waals surface area contributed by atoms with Gasteiger partial charge in [-0.25, -0.2) is 4.98 Å². The molecule has 1 fully saturated rings. The molecule has 0 bridgehead atoms. The zero-order valence-corrected chi connectivity index (χ0v) is 19.2. The van der Waals surface area contributed by atoms with Crippen LogP contribution in [0.3, 0.4) is 0 Å². The molecule has 1 saturated heterocycles. The number of rotatable bonds is 7. The van der Waals surface area contributed by atoms with Gasteiger partial charge in [0.25, 0.3) is 5.91 Å². The molecule has 1 amide bonds. The topological polar surface area (TPSA) is 57.3 Å². The van der Waals surface area contributed by atoms with E-state index in [0.717, 1.165) is 49.7 Å². The molecule has 4 rings (SSSR count). The highest BCUT2D eigenvalue weighted by molar-refractivity contribution is 6.30. The molecule has 2 aromatic carbocycles. The minimum absolute atomic E-state index is 0.194. The molecule has 3 aromatic rings. The summed E-state index contributed by atoms with van der Waals surface area (Å²) in [6.07, 6.45) is 3.77. The first-order valence-corrected chi connectivity index (χ1v) is 11.5. The van der Waals surface area contributed by atoms with E-state index in [4.69, 9.17) is 23.2 Å². The number of anilines is 2. The first-order valence-electron chi connectivity index (χ1n) is 10.8. The van der Waals surface area contributed by atoms with Crippen molar-refractivity contribution in [3.05, 3.63) is 88.0 Å². The second kappa shape index (κ2) is 10.8. The van der Waals surface area contributed by atoms with Gasteiger partial charge in [-0.05, 0) is 73.8 Å². The molecule has 1 aromatic heterocycles. The van der Waals surface area contributed by atoms with Crippen molar-refractivity contribution in [3.8, 4) is 0 Å². The second-order valence-corrected chi connectivity index (χ2v) is 8.96. The van der Waals surface area contributed by atoms with Crippen LogP contribution in [0.25, 0.3) is 0 Å². The number of piperidine rings is 1. The number of carbonyl (C=O) groups is 1. The van der Waals surface area contributed by atoms with Gasteiger partial charge in [-0.1, -0.05) is 47.5 Å². The van der Waals surface area contributed by atoms with Crippen molar-refractivity contribution in [2.24, 2.45) is 5.92 Å². The van der Waals surface area contributed by atoms with Crippen LogP contribution >= 0.6 is 23.2 Å². The minimum atomic E-state index is -0.194. The summed E-state index contributed by atoms with van der Waals surface area (Å²) in [4.78, 5) is 19.4. The maximum absolute atomic E-state index is 12.8. The van der Waals surface area contributed by atoms with Crippen LogP contribution in [0.15, 0.2) is 66.9 Å². The Kier molecular flexibility index (Phi) is 7.63. The number of amides is 1. The molecule has 7 heteroatoms. The van der Waals surface area contributed by atoms with Crippen LogP contribution in [-0.2, 0) is 6.54 Å². The summed E-state index contributed by atoms with van der Waals surface area (Å²) >= 11 is 11.8. The largest absolute Gasteiger partial charge is 0.384 e. The van der Waals surface area contributed by atoms with Crippen LogP contribution in [-0.4, -0.2) is 35.4 Å². The molecule has 5 nitrogen and oxygen atoms in total. The van der Waals surface area contributed by atoms with Crippen LogP contribution < -0.4 is 10.6 Å². The van der Waals surface area contributed by atoms with Crippen LogP contribution in [0.1, 0.15) is 28.8 Å². The van der Waals surface area contributed by atoms with Crippen molar-refractivity contribution in [3.63, 3.8) is 0 Å². The summed E-state index contributed by atoms with van der Waals surface area (Å²) in [7, 11) is 0. The van der Waals surface area contributed by atoms with Gasteiger partial charge < -0.3 is 10.6 Å². The highest BCUT2D eigenvalue weighted by atomic mass is 35.5. The van der Waals surface area contributed by atoms with E-state index < -0.39 is 0 Å². The van der Waals surface area contributed by atoms with Gasteiger partial charge >= 0.3 is 0 Å². The van der Waals surface area contributed by atoms with Crippen molar-refractivity contribution in [2.75, 3.05) is 30.3 Å². The fourth-order valence-corrected chi connectivity index (χ4v) is 4.16. The SMILES string of the molecule is O=C(Nc1ccc(Cl)cn1)c1ccccc1NCC1CCN(Cc2ccc(Cl)cc2)CC1. The molecule has 166 valence electrons. The van der Waals surface area contributed by atoms with Gasteiger partial charge in [0, 0.05) is 30.0 Å². The van der Waals surface area contributed by atoms with Gasteiger partial charge in [0.05, 0.1) is 10.6 Å². The fourth-order valence-electron chi connectivity index (χ4n) is 3.92. The molecular formula is C25H26Cl2N4O. The number of nitrogens with zero attached hydrogens (tertiary/aromatic N) is 2. The number of hydrogen-bond donors (Lipinski definition) is 2. The van der Waals surface area contributed by atoms with E-state index in [0.29, 0.717) is 22.3 Å². The van der Waals surface area contributed by atoms with Crippen molar-refractivity contribution < 1.29 is 4.79 Å². The Balaban J connectivity index is 1.28. The molecule has 2 N–H and O–H groups in total. The molecule has 1 aliphatic rings. The first kappa shape index (κ1) is 22.6. The fraction of sp³-hybridized carbons (Fsp3) is 0.280. The number of carbonyl (C=O) groups excluding carboxylic acids is 1. The lowest BCUT2D eigenvalue weighted by Crippen LogP contribution is -2.35. The summed E-state index contributed by atoms with van der Waals surface area (Å²) in [6, 6.07) is 19.0. The van der Waals surface area contributed by atoms with E-state index in [9.17, 15) is 4.79 Å². The van der Waals surface area contributed by atoms with Crippen molar-refractivity contribution in [2.45, 2.75) is 19.4 Å². The van der Waals surface area contributed by atoms with Crippen molar-refractivity contribution in [1.82, 2.24) is 9.88 Å². The average Bonchev–Trinajstić information content (AvgIpc) is 2.82. The Morgan fingerprint density at radius 1 is 0.969 bits per heavy atom. The molecule has 0 unspecified atom stereocenters. The summed E-state index contributed by atoms with van der Waals surface area (Å²) < 4.78 is 0. The van der Waals surface area contributed by atoms with Gasteiger partial charge in [0.1, 0.15) is 5.82 Å². The lowest BCUT2D eigenvalue weighted by atomic mass is 9.96. The number of pyridine rings is 1. The van der Waals surface area contributed by atoms with Gasteiger partial charge in [0.15, 0.2) is 0 Å². The van der Waals surface area contributed by atoms with Crippen LogP contribution in [0.4, 0.5) is 11.5 Å².